The Morgan fingerprint density at radius 2 is 2.07 bits per heavy atom. The maximum absolute atomic E-state index is 12.5. The second kappa shape index (κ2) is 8.42. The van der Waals surface area contributed by atoms with E-state index in [1.807, 2.05) is 23.0 Å². The van der Waals surface area contributed by atoms with Crippen LogP contribution in [-0.4, -0.2) is 82.3 Å². The number of rotatable bonds is 6. The van der Waals surface area contributed by atoms with Gasteiger partial charge in [-0.05, 0) is 45.6 Å². The van der Waals surface area contributed by atoms with E-state index in [0.717, 1.165) is 57.6 Å². The first-order valence-corrected chi connectivity index (χ1v) is 10.1. The van der Waals surface area contributed by atoms with Crippen LogP contribution in [-0.2, 0) is 16.0 Å². The highest BCUT2D eigenvalue weighted by Gasteiger charge is 2.41. The van der Waals surface area contributed by atoms with Crippen molar-refractivity contribution < 1.29 is 9.59 Å². The number of piperidine rings is 2. The maximum Gasteiger partial charge on any atom is 0.236 e. The summed E-state index contributed by atoms with van der Waals surface area (Å²) in [6.45, 7) is 7.89. The molecule has 0 bridgehead atoms. The number of nitrogens with one attached hydrogen (secondary N) is 1. The van der Waals surface area contributed by atoms with Crippen LogP contribution in [0, 0.1) is 5.41 Å². The Bertz CT molecular complexity index is 635. The van der Waals surface area contributed by atoms with Crippen molar-refractivity contribution >= 4 is 11.8 Å². The van der Waals surface area contributed by atoms with Crippen molar-refractivity contribution in [3.63, 3.8) is 0 Å². The van der Waals surface area contributed by atoms with Crippen molar-refractivity contribution in [2.45, 2.75) is 52.0 Å². The Morgan fingerprint density at radius 1 is 1.33 bits per heavy atom. The molecular weight excluding hydrogens is 342 g/mol. The number of likely N-dealkylation sites (tertiary alicyclic amines) is 2. The molecule has 0 saturated carbocycles. The lowest BCUT2D eigenvalue weighted by molar-refractivity contribution is -0.142. The lowest BCUT2D eigenvalue weighted by Crippen LogP contribution is -2.53. The first kappa shape index (κ1) is 19.9. The SMILES string of the molecule is CC(C)N(C)CC(=O)N1CCC2(CCC(=O)N(CCc3cnc[nH]3)C2)CC1. The maximum atomic E-state index is 12.5. The van der Waals surface area contributed by atoms with E-state index in [1.165, 1.54) is 0 Å². The summed E-state index contributed by atoms with van der Waals surface area (Å²) >= 11 is 0. The zero-order valence-electron chi connectivity index (χ0n) is 16.9. The van der Waals surface area contributed by atoms with Gasteiger partial charge in [-0.3, -0.25) is 14.5 Å². The minimum absolute atomic E-state index is 0.183. The molecule has 2 aliphatic heterocycles. The number of amides is 2. The van der Waals surface area contributed by atoms with E-state index < -0.39 is 0 Å². The number of aromatic amines is 1. The van der Waals surface area contributed by atoms with Gasteiger partial charge < -0.3 is 14.8 Å². The normalized spacial score (nSPS) is 20.1. The molecule has 1 aromatic rings. The third-order valence-electron chi connectivity index (χ3n) is 6.40. The molecule has 0 unspecified atom stereocenters. The van der Waals surface area contributed by atoms with E-state index in [1.54, 1.807) is 6.33 Å². The van der Waals surface area contributed by atoms with Crippen LogP contribution < -0.4 is 0 Å². The average Bonchev–Trinajstić information content (AvgIpc) is 3.16. The minimum Gasteiger partial charge on any atom is -0.348 e. The van der Waals surface area contributed by atoms with Gasteiger partial charge in [-0.1, -0.05) is 0 Å². The zero-order valence-corrected chi connectivity index (χ0v) is 16.9. The molecule has 0 aromatic carbocycles. The van der Waals surface area contributed by atoms with Crippen LogP contribution in [0.1, 0.15) is 45.2 Å². The van der Waals surface area contributed by atoms with Gasteiger partial charge in [0, 0.05) is 57.0 Å². The topological polar surface area (TPSA) is 72.5 Å². The fraction of sp³-hybridized carbons (Fsp3) is 0.750. The van der Waals surface area contributed by atoms with Gasteiger partial charge in [0.05, 0.1) is 12.9 Å². The van der Waals surface area contributed by atoms with Gasteiger partial charge in [-0.2, -0.15) is 0 Å². The van der Waals surface area contributed by atoms with Gasteiger partial charge in [0.2, 0.25) is 11.8 Å². The summed E-state index contributed by atoms with van der Waals surface area (Å²) < 4.78 is 0. The van der Waals surface area contributed by atoms with Crippen LogP contribution >= 0.6 is 0 Å². The van der Waals surface area contributed by atoms with Crippen LogP contribution in [0.3, 0.4) is 0 Å². The lowest BCUT2D eigenvalue weighted by Gasteiger charge is -2.47. The Labute approximate surface area is 162 Å². The van der Waals surface area contributed by atoms with E-state index in [9.17, 15) is 9.59 Å². The van der Waals surface area contributed by atoms with Gasteiger partial charge in [-0.15, -0.1) is 0 Å². The highest BCUT2D eigenvalue weighted by atomic mass is 16.2. The predicted octanol–water partition coefficient (Wildman–Crippen LogP) is 1.52. The smallest absolute Gasteiger partial charge is 0.236 e. The number of H-pyrrole nitrogens is 1. The van der Waals surface area contributed by atoms with Crippen LogP contribution in [0.5, 0.6) is 0 Å². The fourth-order valence-electron chi connectivity index (χ4n) is 4.12. The Kier molecular flexibility index (Phi) is 6.19. The summed E-state index contributed by atoms with van der Waals surface area (Å²) in [5.74, 6) is 0.487. The number of carbonyl (C=O) groups is 2. The number of imidazole rings is 1. The first-order chi connectivity index (χ1) is 12.9. The molecule has 3 rings (SSSR count). The summed E-state index contributed by atoms with van der Waals surface area (Å²) in [5, 5.41) is 0. The number of carbonyl (C=O) groups excluding carboxylic acids is 2. The lowest BCUT2D eigenvalue weighted by atomic mass is 9.72. The van der Waals surface area contributed by atoms with Crippen LogP contribution in [0.4, 0.5) is 0 Å². The number of hydrogen-bond donors (Lipinski definition) is 1. The molecular formula is C20H33N5O2. The molecule has 2 aliphatic rings. The molecule has 1 N–H and O–H groups in total. The van der Waals surface area contributed by atoms with Gasteiger partial charge in [0.15, 0.2) is 0 Å². The molecule has 2 fully saturated rings. The minimum atomic E-state index is 0.183. The number of nitrogens with zero attached hydrogens (tertiary/aromatic N) is 4. The molecule has 1 aromatic heterocycles. The van der Waals surface area contributed by atoms with Gasteiger partial charge in [0.25, 0.3) is 0 Å². The standard InChI is InChI=1S/C20H33N5O2/c1-16(2)23(3)13-19(27)24-10-7-20(8-11-24)6-4-18(26)25(14-20)9-5-17-12-21-15-22-17/h12,15-16H,4-11,13-14H2,1-3H3,(H,21,22). The molecule has 3 heterocycles. The Balaban J connectivity index is 1.52. The van der Waals surface area contributed by atoms with E-state index >= 15 is 0 Å². The summed E-state index contributed by atoms with van der Waals surface area (Å²) in [7, 11) is 2.00. The molecule has 1 spiro atoms. The average molecular weight is 376 g/mol. The molecule has 0 atom stereocenters. The number of aromatic nitrogens is 2. The van der Waals surface area contributed by atoms with Crippen molar-refractivity contribution in [2.75, 3.05) is 39.8 Å². The largest absolute Gasteiger partial charge is 0.348 e. The third-order valence-corrected chi connectivity index (χ3v) is 6.40. The second-order valence-electron chi connectivity index (χ2n) is 8.53. The van der Waals surface area contributed by atoms with Crippen molar-refractivity contribution in [1.29, 1.82) is 0 Å². The van der Waals surface area contributed by atoms with E-state index in [-0.39, 0.29) is 17.2 Å². The third kappa shape index (κ3) is 4.89. The Hall–Kier alpha value is -1.89. The highest BCUT2D eigenvalue weighted by Crippen LogP contribution is 2.40. The molecule has 0 radical (unpaired) electrons. The van der Waals surface area contributed by atoms with Gasteiger partial charge in [-0.25, -0.2) is 4.98 Å². The monoisotopic (exact) mass is 375 g/mol. The number of hydrogen-bond acceptors (Lipinski definition) is 4. The summed E-state index contributed by atoms with van der Waals surface area (Å²) in [5.41, 5.74) is 1.25. The van der Waals surface area contributed by atoms with Gasteiger partial charge in [0.1, 0.15) is 0 Å². The van der Waals surface area contributed by atoms with Crippen molar-refractivity contribution in [1.82, 2.24) is 24.7 Å². The zero-order chi connectivity index (χ0) is 19.4. The Morgan fingerprint density at radius 3 is 2.70 bits per heavy atom. The summed E-state index contributed by atoms with van der Waals surface area (Å²) in [6, 6.07) is 0.373. The second-order valence-corrected chi connectivity index (χ2v) is 8.53. The molecule has 7 heteroatoms. The van der Waals surface area contributed by atoms with Crippen molar-refractivity contribution in [3.05, 3.63) is 18.2 Å². The van der Waals surface area contributed by atoms with E-state index in [2.05, 4.69) is 28.7 Å². The van der Waals surface area contributed by atoms with Crippen LogP contribution in [0.2, 0.25) is 0 Å². The van der Waals surface area contributed by atoms with Crippen molar-refractivity contribution in [2.24, 2.45) is 5.41 Å². The van der Waals surface area contributed by atoms with Crippen molar-refractivity contribution in [3.8, 4) is 0 Å². The van der Waals surface area contributed by atoms with E-state index in [4.69, 9.17) is 0 Å². The molecule has 2 amide bonds. The molecule has 7 nitrogen and oxygen atoms in total. The molecule has 27 heavy (non-hydrogen) atoms. The van der Waals surface area contributed by atoms with Crippen LogP contribution in [0.15, 0.2) is 12.5 Å². The fourth-order valence-corrected chi connectivity index (χ4v) is 4.12. The number of likely N-dealkylation sites (N-methyl/N-ethyl adjacent to an activating group) is 1. The first-order valence-electron chi connectivity index (χ1n) is 10.1. The van der Waals surface area contributed by atoms with Gasteiger partial charge >= 0.3 is 0 Å². The molecule has 0 aliphatic carbocycles. The molecule has 2 saturated heterocycles. The highest BCUT2D eigenvalue weighted by molar-refractivity contribution is 5.79. The summed E-state index contributed by atoms with van der Waals surface area (Å²) in [4.78, 5) is 38.2. The quantitative estimate of drug-likeness (QED) is 0.818. The predicted molar refractivity (Wildman–Crippen MR) is 104 cm³/mol. The van der Waals surface area contributed by atoms with E-state index in [0.29, 0.717) is 19.0 Å². The van der Waals surface area contributed by atoms with Crippen LogP contribution in [0.25, 0.3) is 0 Å². The summed E-state index contributed by atoms with van der Waals surface area (Å²) in [6.07, 6.45) is 7.90. The molecule has 150 valence electrons.